The number of piperidine rings is 1. The highest BCUT2D eigenvalue weighted by Crippen LogP contribution is 2.31. The molecular formula is C21H26N6O2. The second-order valence-corrected chi connectivity index (χ2v) is 7.82. The van der Waals surface area contributed by atoms with E-state index in [0.29, 0.717) is 17.0 Å². The molecule has 2 aromatic heterocycles. The molecule has 0 amide bonds. The zero-order chi connectivity index (χ0) is 20.7. The molecule has 0 aliphatic carbocycles. The molecule has 1 saturated heterocycles. The number of benzene rings is 1. The van der Waals surface area contributed by atoms with Gasteiger partial charge in [0.2, 0.25) is 0 Å². The molecule has 0 bridgehead atoms. The SMILES string of the molecule is Cc1ccc2oc(C(=NC3CCCN(C)C3)c3c(N)n[nH]c(=O)c3N)c(C)c2c1. The van der Waals surface area contributed by atoms with E-state index in [0.717, 1.165) is 48.0 Å². The number of H-pyrrole nitrogens is 1. The highest BCUT2D eigenvalue weighted by atomic mass is 16.3. The first-order chi connectivity index (χ1) is 13.8. The largest absolute Gasteiger partial charge is 0.454 e. The molecule has 0 saturated carbocycles. The first-order valence-electron chi connectivity index (χ1n) is 9.75. The topological polar surface area (TPSA) is 127 Å². The smallest absolute Gasteiger partial charge is 0.288 e. The van der Waals surface area contributed by atoms with Gasteiger partial charge >= 0.3 is 0 Å². The van der Waals surface area contributed by atoms with Gasteiger partial charge in [-0.25, -0.2) is 5.10 Å². The molecule has 3 aromatic rings. The Bertz CT molecular complexity index is 1160. The molecule has 1 atom stereocenters. The maximum atomic E-state index is 12.2. The number of likely N-dealkylation sites (tertiary alicyclic amines) is 1. The van der Waals surface area contributed by atoms with Gasteiger partial charge in [-0.2, -0.15) is 5.10 Å². The Morgan fingerprint density at radius 1 is 1.34 bits per heavy atom. The lowest BCUT2D eigenvalue weighted by Crippen LogP contribution is -2.35. The Labute approximate surface area is 168 Å². The highest BCUT2D eigenvalue weighted by molar-refractivity contribution is 6.18. The predicted octanol–water partition coefficient (Wildman–Crippen LogP) is 2.23. The van der Waals surface area contributed by atoms with Gasteiger partial charge in [-0.15, -0.1) is 0 Å². The number of aryl methyl sites for hydroxylation is 2. The third kappa shape index (κ3) is 3.51. The normalized spacial score (nSPS) is 18.4. The molecule has 1 aromatic carbocycles. The predicted molar refractivity (Wildman–Crippen MR) is 116 cm³/mol. The molecule has 1 unspecified atom stereocenters. The van der Waals surface area contributed by atoms with Crippen LogP contribution in [0.25, 0.3) is 11.0 Å². The molecule has 5 N–H and O–H groups in total. The molecule has 3 heterocycles. The number of aromatic nitrogens is 2. The lowest BCUT2D eigenvalue weighted by Gasteiger charge is -2.27. The van der Waals surface area contributed by atoms with Crippen molar-refractivity contribution in [1.82, 2.24) is 15.1 Å². The number of aromatic amines is 1. The van der Waals surface area contributed by atoms with Crippen molar-refractivity contribution in [2.45, 2.75) is 32.7 Å². The quantitative estimate of drug-likeness (QED) is 0.585. The summed E-state index contributed by atoms with van der Waals surface area (Å²) >= 11 is 0. The third-order valence-corrected chi connectivity index (χ3v) is 5.50. The van der Waals surface area contributed by atoms with Crippen LogP contribution >= 0.6 is 0 Å². The second kappa shape index (κ2) is 7.36. The maximum absolute atomic E-state index is 12.2. The van der Waals surface area contributed by atoms with Crippen molar-refractivity contribution >= 4 is 28.2 Å². The number of aliphatic imine (C=N–C) groups is 1. The number of fused-ring (bicyclic) bond motifs is 1. The Balaban J connectivity index is 1.96. The van der Waals surface area contributed by atoms with E-state index in [9.17, 15) is 4.79 Å². The van der Waals surface area contributed by atoms with Crippen LogP contribution in [0.4, 0.5) is 11.5 Å². The molecule has 8 nitrogen and oxygen atoms in total. The lowest BCUT2D eigenvalue weighted by molar-refractivity contribution is 0.253. The summed E-state index contributed by atoms with van der Waals surface area (Å²) in [6.07, 6.45) is 2.00. The van der Waals surface area contributed by atoms with Crippen molar-refractivity contribution in [3.05, 3.63) is 51.0 Å². The van der Waals surface area contributed by atoms with Crippen LogP contribution in [0.1, 0.15) is 35.3 Å². The average Bonchev–Trinajstić information content (AvgIpc) is 3.00. The van der Waals surface area contributed by atoms with E-state index in [1.165, 1.54) is 0 Å². The summed E-state index contributed by atoms with van der Waals surface area (Å²) in [6.45, 7) is 5.88. The molecule has 1 aliphatic rings. The minimum Gasteiger partial charge on any atom is -0.454 e. The number of nitrogens with zero attached hydrogens (tertiary/aromatic N) is 3. The van der Waals surface area contributed by atoms with Crippen LogP contribution in [0.2, 0.25) is 0 Å². The van der Waals surface area contributed by atoms with Gasteiger partial charge < -0.3 is 20.8 Å². The Morgan fingerprint density at radius 3 is 2.90 bits per heavy atom. The number of nitrogens with one attached hydrogen (secondary N) is 1. The standard InChI is InChI=1S/C21H26N6O2/c1-11-6-7-15-14(9-11)12(2)19(29-15)18(24-13-5-4-8-27(3)10-13)16-17(22)21(28)26-25-20(16)23/h6-7,9,13H,4-5,8,10H2,1-3H3,(H,26,28)(H4,22,23,25). The maximum Gasteiger partial charge on any atom is 0.288 e. The van der Waals surface area contributed by atoms with Crippen molar-refractivity contribution in [3.8, 4) is 0 Å². The van der Waals surface area contributed by atoms with Crippen molar-refractivity contribution in [2.24, 2.45) is 4.99 Å². The molecule has 0 radical (unpaired) electrons. The number of anilines is 2. The lowest BCUT2D eigenvalue weighted by atomic mass is 10.0. The van der Waals surface area contributed by atoms with E-state index in [1.54, 1.807) is 0 Å². The fourth-order valence-electron chi connectivity index (χ4n) is 3.95. The minimum absolute atomic E-state index is 0.00329. The average molecular weight is 394 g/mol. The molecule has 152 valence electrons. The monoisotopic (exact) mass is 394 g/mol. The fourth-order valence-corrected chi connectivity index (χ4v) is 3.95. The fraction of sp³-hybridized carbons (Fsp3) is 0.381. The number of nitrogens with two attached hydrogens (primary N) is 2. The van der Waals surface area contributed by atoms with E-state index in [-0.39, 0.29) is 17.5 Å². The summed E-state index contributed by atoms with van der Waals surface area (Å²) in [7, 11) is 2.08. The van der Waals surface area contributed by atoms with Crippen LogP contribution in [0, 0.1) is 13.8 Å². The first-order valence-corrected chi connectivity index (χ1v) is 9.75. The van der Waals surface area contributed by atoms with Gasteiger partial charge in [0.1, 0.15) is 17.0 Å². The van der Waals surface area contributed by atoms with E-state index >= 15 is 0 Å². The minimum atomic E-state index is -0.493. The van der Waals surface area contributed by atoms with Crippen LogP contribution < -0.4 is 17.0 Å². The summed E-state index contributed by atoms with van der Waals surface area (Å²) < 4.78 is 6.19. The van der Waals surface area contributed by atoms with Crippen molar-refractivity contribution in [2.75, 3.05) is 31.6 Å². The Kier molecular flexibility index (Phi) is 4.87. The van der Waals surface area contributed by atoms with Gasteiger partial charge in [-0.05, 0) is 52.4 Å². The summed E-state index contributed by atoms with van der Waals surface area (Å²) in [5.41, 5.74) is 15.4. The molecule has 4 rings (SSSR count). The Hall–Kier alpha value is -3.13. The molecule has 1 fully saturated rings. The van der Waals surface area contributed by atoms with Gasteiger partial charge in [0.15, 0.2) is 11.6 Å². The van der Waals surface area contributed by atoms with Crippen LogP contribution in [0.15, 0.2) is 32.4 Å². The summed E-state index contributed by atoms with van der Waals surface area (Å²) in [4.78, 5) is 19.4. The van der Waals surface area contributed by atoms with E-state index < -0.39 is 5.56 Å². The van der Waals surface area contributed by atoms with E-state index in [4.69, 9.17) is 20.9 Å². The van der Waals surface area contributed by atoms with Gasteiger partial charge in [0.05, 0.1) is 11.6 Å². The van der Waals surface area contributed by atoms with Crippen molar-refractivity contribution in [3.63, 3.8) is 0 Å². The zero-order valence-electron chi connectivity index (χ0n) is 17.0. The van der Waals surface area contributed by atoms with Gasteiger partial charge in [0.25, 0.3) is 5.56 Å². The van der Waals surface area contributed by atoms with E-state index in [2.05, 4.69) is 28.2 Å². The summed E-state index contributed by atoms with van der Waals surface area (Å²) in [6, 6.07) is 6.07. The van der Waals surface area contributed by atoms with Crippen LogP contribution in [-0.2, 0) is 0 Å². The van der Waals surface area contributed by atoms with Crippen LogP contribution in [0.5, 0.6) is 0 Å². The summed E-state index contributed by atoms with van der Waals surface area (Å²) in [5, 5.41) is 7.25. The number of rotatable bonds is 3. The van der Waals surface area contributed by atoms with Crippen LogP contribution in [-0.4, -0.2) is 47.0 Å². The second-order valence-electron chi connectivity index (χ2n) is 7.82. The van der Waals surface area contributed by atoms with E-state index in [1.807, 2.05) is 26.0 Å². The number of hydrogen-bond donors (Lipinski definition) is 3. The first kappa shape index (κ1) is 19.2. The molecule has 29 heavy (non-hydrogen) atoms. The third-order valence-electron chi connectivity index (χ3n) is 5.50. The zero-order valence-corrected chi connectivity index (χ0v) is 17.0. The van der Waals surface area contributed by atoms with Crippen LogP contribution in [0.3, 0.4) is 0 Å². The molecule has 8 heteroatoms. The number of hydrogen-bond acceptors (Lipinski definition) is 7. The van der Waals surface area contributed by atoms with Crippen molar-refractivity contribution < 1.29 is 4.42 Å². The van der Waals surface area contributed by atoms with Gasteiger partial charge in [-0.1, -0.05) is 11.6 Å². The van der Waals surface area contributed by atoms with Crippen molar-refractivity contribution in [1.29, 1.82) is 0 Å². The van der Waals surface area contributed by atoms with Gasteiger partial charge in [0, 0.05) is 17.5 Å². The number of furan rings is 1. The highest BCUT2D eigenvalue weighted by Gasteiger charge is 2.26. The molecule has 1 aliphatic heterocycles. The molecule has 0 spiro atoms. The number of nitrogen functional groups attached to an aromatic ring is 2. The Morgan fingerprint density at radius 2 is 2.14 bits per heavy atom. The molecular weight excluding hydrogens is 368 g/mol. The van der Waals surface area contributed by atoms with Gasteiger partial charge in [-0.3, -0.25) is 9.79 Å². The summed E-state index contributed by atoms with van der Waals surface area (Å²) in [5.74, 6) is 0.700. The number of likely N-dealkylation sites (N-methyl/N-ethyl adjacent to an activating group) is 1.